The van der Waals surface area contributed by atoms with Crippen molar-refractivity contribution in [3.63, 3.8) is 0 Å². The number of rotatable bonds is 14. The zero-order valence-corrected chi connectivity index (χ0v) is 16.6. The number of hydrogen-bond acceptors (Lipinski definition) is 15. The van der Waals surface area contributed by atoms with E-state index in [0.29, 0.717) is 0 Å². The van der Waals surface area contributed by atoms with Crippen LogP contribution in [0, 0.1) is 0 Å². The molecular formula is C17H18N4O11. The van der Waals surface area contributed by atoms with Gasteiger partial charge in [0.1, 0.15) is 26.4 Å². The largest absolute Gasteiger partial charge is 0.508 e. The maximum atomic E-state index is 11.0. The summed E-state index contributed by atoms with van der Waals surface area (Å²) in [5.74, 6) is -1.53. The molecule has 0 aromatic heterocycles. The van der Waals surface area contributed by atoms with Gasteiger partial charge in [-0.1, -0.05) is 0 Å². The maximum Gasteiger partial charge on any atom is 0.508 e. The molecule has 0 aromatic rings. The number of nitrogens with zero attached hydrogens (tertiary/aromatic N) is 4. The highest BCUT2D eigenvalue weighted by Gasteiger charge is 2.02. The van der Waals surface area contributed by atoms with Gasteiger partial charge in [0.2, 0.25) is 24.3 Å². The number of isocyanates is 4. The summed E-state index contributed by atoms with van der Waals surface area (Å²) in [5, 5.41) is 0. The van der Waals surface area contributed by atoms with Crippen molar-refractivity contribution in [3.8, 4) is 0 Å². The fourth-order valence-electron chi connectivity index (χ4n) is 1.19. The van der Waals surface area contributed by atoms with Crippen LogP contribution in [0.4, 0.5) is 4.79 Å². The molecule has 0 bridgehead atoms. The highest BCUT2D eigenvalue weighted by molar-refractivity contribution is 5.91. The fourth-order valence-corrected chi connectivity index (χ4v) is 1.19. The first-order valence-electron chi connectivity index (χ1n) is 8.47. The lowest BCUT2D eigenvalue weighted by Crippen LogP contribution is -2.11. The number of carbonyl (C=O) groups is 3. The average Bonchev–Trinajstić information content (AvgIpc) is 2.79. The Morgan fingerprint density at radius 2 is 0.812 bits per heavy atom. The molecule has 0 heterocycles. The van der Waals surface area contributed by atoms with E-state index in [1.54, 1.807) is 0 Å². The minimum absolute atomic E-state index is 0.0111. The third kappa shape index (κ3) is 25.5. The summed E-state index contributed by atoms with van der Waals surface area (Å²) in [6.07, 6.45) is 5.98. The molecule has 15 heteroatoms. The van der Waals surface area contributed by atoms with Gasteiger partial charge in [-0.05, 0) is 0 Å². The van der Waals surface area contributed by atoms with Gasteiger partial charge < -0.3 is 18.9 Å². The van der Waals surface area contributed by atoms with E-state index in [0.717, 1.165) is 12.2 Å². The highest BCUT2D eigenvalue weighted by Crippen LogP contribution is 1.87. The van der Waals surface area contributed by atoms with Gasteiger partial charge in [0.15, 0.2) is 0 Å². The molecule has 0 saturated carbocycles. The highest BCUT2D eigenvalue weighted by atomic mass is 16.7. The van der Waals surface area contributed by atoms with Crippen molar-refractivity contribution in [1.82, 2.24) is 0 Å². The molecule has 0 atom stereocenters. The fraction of sp³-hybridized carbons (Fsp3) is 0.471. The van der Waals surface area contributed by atoms with E-state index < -0.39 is 18.1 Å². The van der Waals surface area contributed by atoms with E-state index in [1.165, 1.54) is 24.3 Å². The molecule has 0 aliphatic rings. The van der Waals surface area contributed by atoms with Gasteiger partial charge in [-0.2, -0.15) is 0 Å². The van der Waals surface area contributed by atoms with Gasteiger partial charge in [0.05, 0.1) is 26.2 Å². The molecule has 0 rings (SSSR count). The van der Waals surface area contributed by atoms with Crippen LogP contribution in [0.5, 0.6) is 0 Å². The molecule has 0 aliphatic carbocycles. The molecule has 172 valence electrons. The Morgan fingerprint density at radius 3 is 1.09 bits per heavy atom. The molecule has 0 spiro atoms. The Morgan fingerprint density at radius 1 is 0.531 bits per heavy atom. The monoisotopic (exact) mass is 454 g/mol. The predicted molar refractivity (Wildman–Crippen MR) is 100 cm³/mol. The van der Waals surface area contributed by atoms with Crippen molar-refractivity contribution < 1.29 is 52.5 Å². The van der Waals surface area contributed by atoms with Crippen molar-refractivity contribution in [2.75, 3.05) is 52.6 Å². The Bertz CT molecular complexity index is 737. The van der Waals surface area contributed by atoms with Crippen molar-refractivity contribution in [2.24, 2.45) is 20.0 Å². The normalized spacial score (nSPS) is 8.62. The van der Waals surface area contributed by atoms with Crippen LogP contribution in [0.2, 0.25) is 0 Å². The second-order valence-corrected chi connectivity index (χ2v) is 4.51. The summed E-state index contributed by atoms with van der Waals surface area (Å²) in [6.45, 7) is -0.149. The van der Waals surface area contributed by atoms with E-state index in [4.69, 9.17) is 0 Å². The Hall–Kier alpha value is -4.53. The van der Waals surface area contributed by atoms with Crippen LogP contribution in [-0.4, -0.2) is 95.0 Å². The molecule has 0 amide bonds. The number of aliphatic imine (C=N–C) groups is 4. The lowest BCUT2D eigenvalue weighted by molar-refractivity contribution is -0.140. The summed E-state index contributed by atoms with van der Waals surface area (Å²) in [7, 11) is 0. The van der Waals surface area contributed by atoms with Crippen LogP contribution in [0.1, 0.15) is 0 Å². The lowest BCUT2D eigenvalue weighted by atomic mass is 10.5. The summed E-state index contributed by atoms with van der Waals surface area (Å²) in [4.78, 5) is 83.7. The minimum Gasteiger partial charge on any atom is -0.461 e. The van der Waals surface area contributed by atoms with E-state index in [-0.39, 0.29) is 52.6 Å². The van der Waals surface area contributed by atoms with Crippen LogP contribution >= 0.6 is 0 Å². The van der Waals surface area contributed by atoms with Gasteiger partial charge in [-0.25, -0.2) is 53.5 Å². The first kappa shape index (κ1) is 29.7. The molecule has 0 N–H and O–H groups in total. The second-order valence-electron chi connectivity index (χ2n) is 4.51. The molecule has 0 aliphatic heterocycles. The molecule has 0 unspecified atom stereocenters. The quantitative estimate of drug-likeness (QED) is 0.0785. The molecule has 15 nitrogen and oxygen atoms in total. The van der Waals surface area contributed by atoms with Crippen molar-refractivity contribution >= 4 is 42.4 Å². The van der Waals surface area contributed by atoms with Gasteiger partial charge in [0, 0.05) is 12.2 Å². The van der Waals surface area contributed by atoms with Crippen LogP contribution in [0.15, 0.2) is 32.1 Å². The van der Waals surface area contributed by atoms with Crippen LogP contribution in [-0.2, 0) is 47.7 Å². The number of esters is 2. The maximum absolute atomic E-state index is 11.0. The molecular weight excluding hydrogens is 436 g/mol. The molecule has 32 heavy (non-hydrogen) atoms. The molecule has 0 fully saturated rings. The summed E-state index contributed by atoms with van der Waals surface area (Å²) in [6, 6.07) is 0. The summed E-state index contributed by atoms with van der Waals surface area (Å²) in [5.41, 5.74) is 0. The SMILES string of the molecule is O=C=NCCOC(=O)/C=C/C(=O)OCCN=C=O.O=C=NCCOC(=O)OCCN=C=O. The number of ether oxygens (including phenoxy) is 4. The second kappa shape index (κ2) is 24.5. The first-order valence-corrected chi connectivity index (χ1v) is 8.47. The predicted octanol–water partition coefficient (Wildman–Crippen LogP) is -0.888. The summed E-state index contributed by atoms with van der Waals surface area (Å²) < 4.78 is 18.0. The molecule has 0 radical (unpaired) electrons. The van der Waals surface area contributed by atoms with Crippen molar-refractivity contribution in [1.29, 1.82) is 0 Å². The molecule has 0 aromatic carbocycles. The number of carbonyl (C=O) groups excluding carboxylic acids is 7. The minimum atomic E-state index is -0.896. The zero-order chi connectivity index (χ0) is 24.3. The standard InChI is InChI=1S/C10H10N2O6.C7H8N2O5/c13-7-11-3-5-17-9(15)1-2-10(16)18-6-4-12-8-14;10-5-8-1-3-13-7(12)14-4-2-9-6-11/h1-2H,3-6H2;1-4H2/b2-1+;. The van der Waals surface area contributed by atoms with Crippen LogP contribution in [0.3, 0.4) is 0 Å². The molecule has 0 saturated heterocycles. The van der Waals surface area contributed by atoms with Gasteiger partial charge in [-0.3, -0.25) is 0 Å². The number of hydrogen-bond donors (Lipinski definition) is 0. The van der Waals surface area contributed by atoms with Gasteiger partial charge >= 0.3 is 18.1 Å². The van der Waals surface area contributed by atoms with Gasteiger partial charge in [-0.15, -0.1) is 0 Å². The van der Waals surface area contributed by atoms with Crippen LogP contribution in [0.25, 0.3) is 0 Å². The smallest absolute Gasteiger partial charge is 0.461 e. The topological polar surface area (TPSA) is 206 Å². The van der Waals surface area contributed by atoms with Gasteiger partial charge in [0.25, 0.3) is 0 Å². The first-order chi connectivity index (χ1) is 15.5. The third-order valence-corrected chi connectivity index (χ3v) is 2.35. The lowest BCUT2D eigenvalue weighted by Gasteiger charge is -2.01. The summed E-state index contributed by atoms with van der Waals surface area (Å²) >= 11 is 0. The Kier molecular flexibility index (Phi) is 22.7. The van der Waals surface area contributed by atoms with Crippen molar-refractivity contribution in [2.45, 2.75) is 0 Å². The van der Waals surface area contributed by atoms with Crippen LogP contribution < -0.4 is 0 Å². The van der Waals surface area contributed by atoms with E-state index in [2.05, 4.69) is 38.9 Å². The third-order valence-electron chi connectivity index (χ3n) is 2.35. The Balaban J connectivity index is 0. The Labute approximate surface area is 180 Å². The van der Waals surface area contributed by atoms with E-state index in [9.17, 15) is 33.6 Å². The van der Waals surface area contributed by atoms with E-state index >= 15 is 0 Å². The average molecular weight is 454 g/mol. The zero-order valence-electron chi connectivity index (χ0n) is 16.6. The van der Waals surface area contributed by atoms with E-state index in [1.807, 2.05) is 0 Å². The van der Waals surface area contributed by atoms with Crippen molar-refractivity contribution in [3.05, 3.63) is 12.2 Å².